The van der Waals surface area contributed by atoms with Crippen LogP contribution in [0.15, 0.2) is 18.6 Å². The van der Waals surface area contributed by atoms with Crippen molar-refractivity contribution in [1.29, 1.82) is 0 Å². The van der Waals surface area contributed by atoms with Crippen LogP contribution in [0.5, 0.6) is 0 Å². The number of nitrogens with zero attached hydrogens (tertiary/aromatic N) is 5. The second kappa shape index (κ2) is 7.91. The molecule has 1 N–H and O–H groups in total. The van der Waals surface area contributed by atoms with Crippen molar-refractivity contribution in [2.75, 3.05) is 27.2 Å². The molecule has 27 heavy (non-hydrogen) atoms. The molecule has 1 atom stereocenters. The number of carbonyl (C=O) groups excluding carboxylic acids is 1. The molecule has 0 aliphatic carbocycles. The maximum absolute atomic E-state index is 13.1. The van der Waals surface area contributed by atoms with Crippen LogP contribution in [-0.4, -0.2) is 71.4 Å². The number of aryl methyl sites for hydroxylation is 1. The Labute approximate surface area is 159 Å². The molecule has 3 rings (SSSR count). The number of piperidine rings is 1. The second-order valence-corrected chi connectivity index (χ2v) is 9.05. The molecule has 0 unspecified atom stereocenters. The van der Waals surface area contributed by atoms with Gasteiger partial charge in [0.05, 0.1) is 6.20 Å². The Bertz CT molecular complexity index is 924. The molecule has 10 heteroatoms. The molecule has 3 heterocycles. The SMILES string of the molecule is Cc1cnc2c(C(=O)N3CCCC[C@@H]3CCNS(=O)(=O)N(C)C)cnn2c1. The topological polar surface area (TPSA) is 99.9 Å². The molecule has 1 amide bonds. The molecule has 9 nitrogen and oxygen atoms in total. The number of rotatable bonds is 6. The number of hydrogen-bond donors (Lipinski definition) is 1. The first-order chi connectivity index (χ1) is 12.8. The zero-order chi connectivity index (χ0) is 19.6. The molecule has 1 saturated heterocycles. The van der Waals surface area contributed by atoms with Crippen molar-refractivity contribution in [3.8, 4) is 0 Å². The third-order valence-electron chi connectivity index (χ3n) is 4.85. The van der Waals surface area contributed by atoms with Crippen LogP contribution in [0.4, 0.5) is 0 Å². The predicted molar refractivity (Wildman–Crippen MR) is 102 cm³/mol. The highest BCUT2D eigenvalue weighted by Gasteiger charge is 2.29. The number of hydrogen-bond acceptors (Lipinski definition) is 5. The van der Waals surface area contributed by atoms with Gasteiger partial charge in [0.1, 0.15) is 5.56 Å². The third-order valence-corrected chi connectivity index (χ3v) is 6.38. The summed E-state index contributed by atoms with van der Waals surface area (Å²) in [7, 11) is -0.487. The number of amides is 1. The van der Waals surface area contributed by atoms with Crippen LogP contribution in [-0.2, 0) is 10.2 Å². The van der Waals surface area contributed by atoms with E-state index in [1.165, 1.54) is 14.1 Å². The van der Waals surface area contributed by atoms with Crippen LogP contribution in [0.25, 0.3) is 5.65 Å². The molecule has 2 aromatic heterocycles. The van der Waals surface area contributed by atoms with Crippen molar-refractivity contribution in [3.05, 3.63) is 29.7 Å². The Kier molecular flexibility index (Phi) is 5.78. The van der Waals surface area contributed by atoms with E-state index in [0.29, 0.717) is 30.7 Å². The van der Waals surface area contributed by atoms with E-state index in [1.54, 1.807) is 16.9 Å². The minimum absolute atomic E-state index is 0.00323. The first-order valence-electron chi connectivity index (χ1n) is 9.07. The maximum Gasteiger partial charge on any atom is 0.278 e. The van der Waals surface area contributed by atoms with Gasteiger partial charge in [-0.2, -0.15) is 17.8 Å². The highest BCUT2D eigenvalue weighted by Crippen LogP contribution is 2.23. The summed E-state index contributed by atoms with van der Waals surface area (Å²) < 4.78 is 29.1. The maximum atomic E-state index is 13.1. The largest absolute Gasteiger partial charge is 0.335 e. The standard InChI is InChI=1S/C17H26N6O3S/c1-13-10-18-16-15(11-19-23(16)12-13)17(24)22-9-5-4-6-14(22)7-8-20-27(25,26)21(2)3/h10-12,14,20H,4-9H2,1-3H3/t14-/m1/s1. The van der Waals surface area contributed by atoms with Crippen molar-refractivity contribution in [3.63, 3.8) is 0 Å². The molecule has 1 aliphatic heterocycles. The normalized spacial score (nSPS) is 18.4. The van der Waals surface area contributed by atoms with Crippen molar-refractivity contribution >= 4 is 21.8 Å². The van der Waals surface area contributed by atoms with Gasteiger partial charge in [-0.3, -0.25) is 4.79 Å². The van der Waals surface area contributed by atoms with E-state index in [0.717, 1.165) is 29.1 Å². The molecule has 148 valence electrons. The lowest BCUT2D eigenvalue weighted by atomic mass is 9.98. The van der Waals surface area contributed by atoms with Crippen LogP contribution in [0.3, 0.4) is 0 Å². The van der Waals surface area contributed by atoms with E-state index in [9.17, 15) is 13.2 Å². The molecule has 0 spiro atoms. The number of nitrogens with one attached hydrogen (secondary N) is 1. The first kappa shape index (κ1) is 19.7. The van der Waals surface area contributed by atoms with Gasteiger partial charge in [0.2, 0.25) is 0 Å². The van der Waals surface area contributed by atoms with Gasteiger partial charge in [-0.25, -0.2) is 14.2 Å². The van der Waals surface area contributed by atoms with Gasteiger partial charge >= 0.3 is 0 Å². The number of likely N-dealkylation sites (tertiary alicyclic amines) is 1. The average Bonchev–Trinajstić information content (AvgIpc) is 3.04. The quantitative estimate of drug-likeness (QED) is 0.782. The minimum Gasteiger partial charge on any atom is -0.335 e. The van der Waals surface area contributed by atoms with Gasteiger partial charge in [-0.05, 0) is 38.2 Å². The van der Waals surface area contributed by atoms with Gasteiger partial charge < -0.3 is 4.90 Å². The summed E-state index contributed by atoms with van der Waals surface area (Å²) >= 11 is 0. The monoisotopic (exact) mass is 394 g/mol. The molecular weight excluding hydrogens is 368 g/mol. The summed E-state index contributed by atoms with van der Waals surface area (Å²) in [5, 5.41) is 4.24. The summed E-state index contributed by atoms with van der Waals surface area (Å²) in [4.78, 5) is 19.3. The van der Waals surface area contributed by atoms with Crippen molar-refractivity contribution in [2.24, 2.45) is 0 Å². The van der Waals surface area contributed by atoms with Gasteiger partial charge in [-0.15, -0.1) is 0 Å². The summed E-state index contributed by atoms with van der Waals surface area (Å²) in [5.74, 6) is -0.0958. The first-order valence-corrected chi connectivity index (χ1v) is 10.5. The third kappa shape index (κ3) is 4.28. The minimum atomic E-state index is -3.46. The van der Waals surface area contributed by atoms with E-state index in [1.807, 2.05) is 18.0 Å². The number of carbonyl (C=O) groups is 1. The lowest BCUT2D eigenvalue weighted by molar-refractivity contribution is 0.0605. The molecule has 0 saturated carbocycles. The Balaban J connectivity index is 1.73. The van der Waals surface area contributed by atoms with Gasteiger partial charge in [0, 0.05) is 45.6 Å². The van der Waals surface area contributed by atoms with Gasteiger partial charge in [0.15, 0.2) is 5.65 Å². The van der Waals surface area contributed by atoms with Crippen molar-refractivity contribution in [2.45, 2.75) is 38.6 Å². The fourth-order valence-corrected chi connectivity index (χ4v) is 3.96. The highest BCUT2D eigenvalue weighted by atomic mass is 32.2. The average molecular weight is 395 g/mol. The van der Waals surface area contributed by atoms with E-state index in [-0.39, 0.29) is 11.9 Å². The zero-order valence-corrected chi connectivity index (χ0v) is 16.7. The Morgan fingerprint density at radius 3 is 2.85 bits per heavy atom. The molecule has 0 aromatic carbocycles. The number of fused-ring (bicyclic) bond motifs is 1. The van der Waals surface area contributed by atoms with E-state index >= 15 is 0 Å². The lowest BCUT2D eigenvalue weighted by Gasteiger charge is -2.35. The summed E-state index contributed by atoms with van der Waals surface area (Å²) in [6, 6.07) is -0.00323. The zero-order valence-electron chi connectivity index (χ0n) is 15.9. The Hall–Kier alpha value is -2.04. The fourth-order valence-electron chi connectivity index (χ4n) is 3.33. The van der Waals surface area contributed by atoms with Crippen LogP contribution in [0.1, 0.15) is 41.6 Å². The van der Waals surface area contributed by atoms with Crippen molar-refractivity contribution < 1.29 is 13.2 Å². The summed E-state index contributed by atoms with van der Waals surface area (Å²) in [6.07, 6.45) is 8.52. The molecule has 2 aromatic rings. The van der Waals surface area contributed by atoms with Crippen LogP contribution in [0.2, 0.25) is 0 Å². The Morgan fingerprint density at radius 1 is 1.33 bits per heavy atom. The van der Waals surface area contributed by atoms with E-state index in [2.05, 4.69) is 14.8 Å². The van der Waals surface area contributed by atoms with Gasteiger partial charge in [-0.1, -0.05) is 0 Å². The predicted octanol–water partition coefficient (Wildman–Crippen LogP) is 0.819. The van der Waals surface area contributed by atoms with Crippen LogP contribution >= 0.6 is 0 Å². The lowest BCUT2D eigenvalue weighted by Crippen LogP contribution is -2.46. The van der Waals surface area contributed by atoms with E-state index < -0.39 is 10.2 Å². The fraction of sp³-hybridized carbons (Fsp3) is 0.588. The van der Waals surface area contributed by atoms with Crippen LogP contribution < -0.4 is 4.72 Å². The molecular formula is C17H26N6O3S. The summed E-state index contributed by atoms with van der Waals surface area (Å²) in [6.45, 7) is 2.87. The molecule has 0 bridgehead atoms. The van der Waals surface area contributed by atoms with Crippen LogP contribution in [0, 0.1) is 6.92 Å². The highest BCUT2D eigenvalue weighted by molar-refractivity contribution is 7.87. The van der Waals surface area contributed by atoms with Gasteiger partial charge in [0.25, 0.3) is 16.1 Å². The number of aromatic nitrogens is 3. The Morgan fingerprint density at radius 2 is 2.11 bits per heavy atom. The van der Waals surface area contributed by atoms with E-state index in [4.69, 9.17) is 0 Å². The smallest absolute Gasteiger partial charge is 0.278 e. The molecule has 1 fully saturated rings. The molecule has 1 aliphatic rings. The molecule has 0 radical (unpaired) electrons. The summed E-state index contributed by atoms with van der Waals surface area (Å²) in [5.41, 5.74) is 1.99. The second-order valence-electron chi connectivity index (χ2n) is 7.08. The van der Waals surface area contributed by atoms with Crippen molar-refractivity contribution in [1.82, 2.24) is 28.5 Å².